The number of fused-ring (bicyclic) bond motifs is 1. The number of hydrogen-bond donors (Lipinski definition) is 2. The van der Waals surface area contributed by atoms with Crippen molar-refractivity contribution < 1.29 is 19.1 Å². The van der Waals surface area contributed by atoms with Crippen LogP contribution in [0, 0.1) is 0 Å². The van der Waals surface area contributed by atoms with Gasteiger partial charge in [0.2, 0.25) is 5.91 Å². The number of anilines is 2. The third-order valence-corrected chi connectivity index (χ3v) is 4.62. The Balaban J connectivity index is 1.76. The molecule has 0 bridgehead atoms. The topological polar surface area (TPSA) is 119 Å². The van der Waals surface area contributed by atoms with Crippen molar-refractivity contribution in [3.05, 3.63) is 64.6 Å². The highest BCUT2D eigenvalue weighted by atomic mass is 16.5. The Morgan fingerprint density at radius 2 is 1.59 bits per heavy atom. The second-order valence-corrected chi connectivity index (χ2v) is 7.22. The second kappa shape index (κ2) is 9.86. The summed E-state index contributed by atoms with van der Waals surface area (Å²) in [5.41, 5.74) is 0.766. The lowest BCUT2D eigenvalue weighted by Crippen LogP contribution is -2.32. The van der Waals surface area contributed by atoms with Crippen LogP contribution in [0.25, 0.3) is 10.8 Å². The molecule has 0 radical (unpaired) electrons. The van der Waals surface area contributed by atoms with Crippen LogP contribution in [0.1, 0.15) is 37.7 Å². The predicted molar refractivity (Wildman–Crippen MR) is 121 cm³/mol. The maximum atomic E-state index is 12.8. The Bertz CT molecular complexity index is 1220. The molecule has 1 unspecified atom stereocenters. The van der Waals surface area contributed by atoms with Crippen LogP contribution in [0.2, 0.25) is 0 Å². The van der Waals surface area contributed by atoms with E-state index in [1.807, 2.05) is 6.92 Å². The summed E-state index contributed by atoms with van der Waals surface area (Å²) in [5.74, 6) is -1.53. The summed E-state index contributed by atoms with van der Waals surface area (Å²) in [7, 11) is 0. The minimum atomic E-state index is -1.11. The van der Waals surface area contributed by atoms with Gasteiger partial charge in [0.15, 0.2) is 11.8 Å². The van der Waals surface area contributed by atoms with Gasteiger partial charge in [0, 0.05) is 30.2 Å². The number of esters is 1. The van der Waals surface area contributed by atoms with Gasteiger partial charge in [0.1, 0.15) is 0 Å². The summed E-state index contributed by atoms with van der Waals surface area (Å²) in [5, 5.41) is 10.2. The zero-order chi connectivity index (χ0) is 23.3. The first-order valence-electron chi connectivity index (χ1n) is 10.2. The number of nitrogens with zero attached hydrogens (tertiary/aromatic N) is 2. The van der Waals surface area contributed by atoms with Gasteiger partial charge in [0.25, 0.3) is 11.5 Å². The van der Waals surface area contributed by atoms with Crippen LogP contribution in [0.4, 0.5) is 11.4 Å². The third-order valence-electron chi connectivity index (χ3n) is 4.62. The van der Waals surface area contributed by atoms with Crippen molar-refractivity contribution >= 4 is 39.9 Å². The number of nitrogens with one attached hydrogen (secondary N) is 2. The molecule has 3 rings (SSSR count). The fourth-order valence-electron chi connectivity index (χ4n) is 3.10. The average molecular weight is 436 g/mol. The molecule has 9 nitrogen and oxygen atoms in total. The van der Waals surface area contributed by atoms with E-state index in [1.165, 1.54) is 18.5 Å². The number of carbonyl (C=O) groups is 3. The summed E-state index contributed by atoms with van der Waals surface area (Å²) in [6.07, 6.45) is -0.441. The predicted octanol–water partition coefficient (Wildman–Crippen LogP) is 2.95. The van der Waals surface area contributed by atoms with Crippen molar-refractivity contribution in [3.8, 4) is 0 Å². The SMILES string of the molecule is CCCn1nc(C(=O)OC(C)C(=O)Nc2ccc(NC(C)=O)cc2)c2ccccc2c1=O. The largest absolute Gasteiger partial charge is 0.448 e. The summed E-state index contributed by atoms with van der Waals surface area (Å²) >= 11 is 0. The van der Waals surface area contributed by atoms with E-state index in [2.05, 4.69) is 15.7 Å². The van der Waals surface area contributed by atoms with E-state index in [9.17, 15) is 19.2 Å². The van der Waals surface area contributed by atoms with Crippen molar-refractivity contribution in [2.75, 3.05) is 10.6 Å². The van der Waals surface area contributed by atoms with E-state index in [1.54, 1.807) is 48.5 Å². The minimum Gasteiger partial charge on any atom is -0.448 e. The van der Waals surface area contributed by atoms with E-state index in [0.717, 1.165) is 0 Å². The van der Waals surface area contributed by atoms with Crippen LogP contribution in [-0.4, -0.2) is 33.7 Å². The normalized spacial score (nSPS) is 11.6. The highest BCUT2D eigenvalue weighted by molar-refractivity contribution is 6.03. The first-order valence-corrected chi connectivity index (χ1v) is 10.2. The molecular formula is C23H24N4O5. The van der Waals surface area contributed by atoms with Gasteiger partial charge >= 0.3 is 5.97 Å². The van der Waals surface area contributed by atoms with Gasteiger partial charge in [-0.3, -0.25) is 14.4 Å². The van der Waals surface area contributed by atoms with Gasteiger partial charge in [-0.1, -0.05) is 25.1 Å². The lowest BCUT2D eigenvalue weighted by atomic mass is 10.1. The van der Waals surface area contributed by atoms with Crippen LogP contribution < -0.4 is 16.2 Å². The molecule has 9 heteroatoms. The fraction of sp³-hybridized carbons (Fsp3) is 0.261. The lowest BCUT2D eigenvalue weighted by molar-refractivity contribution is -0.123. The van der Waals surface area contributed by atoms with Crippen molar-refractivity contribution in [3.63, 3.8) is 0 Å². The zero-order valence-electron chi connectivity index (χ0n) is 18.0. The molecule has 3 aromatic rings. The maximum absolute atomic E-state index is 12.8. The van der Waals surface area contributed by atoms with Crippen LogP contribution >= 0.6 is 0 Å². The van der Waals surface area contributed by atoms with Crippen molar-refractivity contribution in [2.24, 2.45) is 0 Å². The standard InChI is InChI=1S/C23H24N4O5/c1-4-13-27-22(30)19-8-6-5-7-18(19)20(26-27)23(31)32-14(2)21(29)25-17-11-9-16(10-12-17)24-15(3)28/h5-12,14H,4,13H2,1-3H3,(H,24,28)(H,25,29). The molecule has 166 valence electrons. The van der Waals surface area contributed by atoms with Crippen LogP contribution in [0.15, 0.2) is 53.3 Å². The molecule has 0 aliphatic heterocycles. The molecule has 1 aromatic heterocycles. The van der Waals surface area contributed by atoms with Gasteiger partial charge in [-0.05, 0) is 43.7 Å². The number of ether oxygens (including phenoxy) is 1. The molecule has 1 atom stereocenters. The Morgan fingerprint density at radius 3 is 2.19 bits per heavy atom. The highest BCUT2D eigenvalue weighted by Gasteiger charge is 2.23. The average Bonchev–Trinajstić information content (AvgIpc) is 2.76. The summed E-state index contributed by atoms with van der Waals surface area (Å²) in [6, 6.07) is 13.2. The van der Waals surface area contributed by atoms with E-state index in [4.69, 9.17) is 4.74 Å². The summed E-state index contributed by atoms with van der Waals surface area (Å²) in [4.78, 5) is 49.0. The number of benzene rings is 2. The Labute approximate surface area is 184 Å². The van der Waals surface area contributed by atoms with Crippen LogP contribution in [0.3, 0.4) is 0 Å². The summed E-state index contributed by atoms with van der Waals surface area (Å²) < 4.78 is 6.58. The monoisotopic (exact) mass is 436 g/mol. The fourth-order valence-corrected chi connectivity index (χ4v) is 3.10. The van der Waals surface area contributed by atoms with Crippen molar-refractivity contribution in [2.45, 2.75) is 39.8 Å². The Morgan fingerprint density at radius 1 is 1.00 bits per heavy atom. The van der Waals surface area contributed by atoms with Crippen molar-refractivity contribution in [1.29, 1.82) is 0 Å². The van der Waals surface area contributed by atoms with Gasteiger partial charge in [-0.2, -0.15) is 5.10 Å². The van der Waals surface area contributed by atoms with E-state index in [-0.39, 0.29) is 17.2 Å². The molecule has 0 fully saturated rings. The highest BCUT2D eigenvalue weighted by Crippen LogP contribution is 2.17. The lowest BCUT2D eigenvalue weighted by Gasteiger charge is -2.15. The number of aryl methyl sites for hydroxylation is 1. The molecule has 0 aliphatic carbocycles. The smallest absolute Gasteiger partial charge is 0.360 e. The maximum Gasteiger partial charge on any atom is 0.360 e. The molecule has 1 heterocycles. The molecule has 2 aromatic carbocycles. The molecular weight excluding hydrogens is 412 g/mol. The van der Waals surface area contributed by atoms with Gasteiger partial charge in [-0.25, -0.2) is 9.48 Å². The van der Waals surface area contributed by atoms with E-state index >= 15 is 0 Å². The van der Waals surface area contributed by atoms with E-state index < -0.39 is 18.0 Å². The molecule has 2 amide bonds. The number of aromatic nitrogens is 2. The second-order valence-electron chi connectivity index (χ2n) is 7.22. The molecule has 0 saturated carbocycles. The number of hydrogen-bond acceptors (Lipinski definition) is 6. The zero-order valence-corrected chi connectivity index (χ0v) is 18.0. The Kier molecular flexibility index (Phi) is 6.99. The number of carbonyl (C=O) groups excluding carboxylic acids is 3. The summed E-state index contributed by atoms with van der Waals surface area (Å²) in [6.45, 7) is 5.10. The van der Waals surface area contributed by atoms with Crippen LogP contribution in [0.5, 0.6) is 0 Å². The molecule has 0 saturated heterocycles. The van der Waals surface area contributed by atoms with E-state index in [0.29, 0.717) is 35.1 Å². The van der Waals surface area contributed by atoms with Gasteiger partial charge in [-0.15, -0.1) is 0 Å². The van der Waals surface area contributed by atoms with Crippen LogP contribution in [-0.2, 0) is 20.9 Å². The molecule has 0 spiro atoms. The van der Waals surface area contributed by atoms with Gasteiger partial charge in [0.05, 0.1) is 5.39 Å². The first kappa shape index (κ1) is 22.7. The molecule has 2 N–H and O–H groups in total. The number of amides is 2. The Hall–Kier alpha value is -4.01. The third kappa shape index (κ3) is 5.18. The quantitative estimate of drug-likeness (QED) is 0.550. The molecule has 0 aliphatic rings. The van der Waals surface area contributed by atoms with Crippen molar-refractivity contribution in [1.82, 2.24) is 9.78 Å². The number of rotatable bonds is 7. The molecule has 32 heavy (non-hydrogen) atoms. The van der Waals surface area contributed by atoms with Gasteiger partial charge < -0.3 is 15.4 Å². The first-order chi connectivity index (χ1) is 15.3. The minimum absolute atomic E-state index is 0.0204.